The van der Waals surface area contributed by atoms with Crippen LogP contribution in [-0.4, -0.2) is 24.7 Å². The Morgan fingerprint density at radius 2 is 2.00 bits per heavy atom. The van der Waals surface area contributed by atoms with Gasteiger partial charge in [-0.2, -0.15) is 0 Å². The summed E-state index contributed by atoms with van der Waals surface area (Å²) >= 11 is 0. The van der Waals surface area contributed by atoms with Crippen molar-refractivity contribution in [2.75, 3.05) is 13.1 Å². The Labute approximate surface area is 87.8 Å². The maximum Gasteiger partial charge on any atom is 0.0193 e. The molecule has 82 valence electrons. The van der Waals surface area contributed by atoms with Crippen molar-refractivity contribution in [3.63, 3.8) is 0 Å². The van der Waals surface area contributed by atoms with Gasteiger partial charge in [-0.3, -0.25) is 0 Å². The Hall–Kier alpha value is -0.0800. The highest BCUT2D eigenvalue weighted by Gasteiger charge is 2.27. The fourth-order valence-electron chi connectivity index (χ4n) is 2.81. The first kappa shape index (κ1) is 10.4. The van der Waals surface area contributed by atoms with E-state index in [4.69, 9.17) is 0 Å². The first-order valence-corrected chi connectivity index (χ1v) is 6.27. The molecule has 1 aliphatic heterocycles. The van der Waals surface area contributed by atoms with Crippen molar-refractivity contribution in [1.82, 2.24) is 10.6 Å². The minimum absolute atomic E-state index is 0.447. The fraction of sp³-hybridized carbons (Fsp3) is 1.00. The summed E-state index contributed by atoms with van der Waals surface area (Å²) in [5.74, 6) is 0. The van der Waals surface area contributed by atoms with Gasteiger partial charge in [0.15, 0.2) is 0 Å². The van der Waals surface area contributed by atoms with Crippen molar-refractivity contribution in [2.45, 2.75) is 63.5 Å². The van der Waals surface area contributed by atoms with E-state index < -0.39 is 0 Å². The summed E-state index contributed by atoms with van der Waals surface area (Å²) in [5.41, 5.74) is 0.447. The molecule has 1 heterocycles. The quantitative estimate of drug-likeness (QED) is 0.722. The lowest BCUT2D eigenvalue weighted by Crippen LogP contribution is -2.48. The van der Waals surface area contributed by atoms with Crippen molar-refractivity contribution >= 4 is 0 Å². The van der Waals surface area contributed by atoms with Crippen LogP contribution in [-0.2, 0) is 0 Å². The van der Waals surface area contributed by atoms with Gasteiger partial charge in [0.05, 0.1) is 0 Å². The number of rotatable bonds is 3. The van der Waals surface area contributed by atoms with E-state index in [1.165, 1.54) is 58.0 Å². The van der Waals surface area contributed by atoms with Gasteiger partial charge in [-0.05, 0) is 39.2 Å². The molecule has 0 aromatic carbocycles. The van der Waals surface area contributed by atoms with E-state index in [1.54, 1.807) is 0 Å². The van der Waals surface area contributed by atoms with Crippen LogP contribution in [0.5, 0.6) is 0 Å². The number of nitrogens with one attached hydrogen (secondary N) is 2. The van der Waals surface area contributed by atoms with Crippen LogP contribution in [0.1, 0.15) is 51.9 Å². The molecule has 1 saturated heterocycles. The van der Waals surface area contributed by atoms with Gasteiger partial charge in [0.1, 0.15) is 0 Å². The van der Waals surface area contributed by atoms with Gasteiger partial charge in [0.25, 0.3) is 0 Å². The van der Waals surface area contributed by atoms with Crippen LogP contribution in [0.15, 0.2) is 0 Å². The van der Waals surface area contributed by atoms with E-state index in [-0.39, 0.29) is 0 Å². The summed E-state index contributed by atoms with van der Waals surface area (Å²) in [6, 6.07) is 0.744. The minimum Gasteiger partial charge on any atom is -0.313 e. The third-order valence-corrected chi connectivity index (χ3v) is 3.89. The van der Waals surface area contributed by atoms with Crippen LogP contribution in [0.3, 0.4) is 0 Å². The fourth-order valence-corrected chi connectivity index (χ4v) is 2.81. The van der Waals surface area contributed by atoms with Crippen molar-refractivity contribution in [3.05, 3.63) is 0 Å². The number of hydrogen-bond acceptors (Lipinski definition) is 2. The van der Waals surface area contributed by atoms with Crippen molar-refractivity contribution < 1.29 is 0 Å². The molecule has 1 aliphatic carbocycles. The van der Waals surface area contributed by atoms with Crippen LogP contribution in [0, 0.1) is 0 Å². The van der Waals surface area contributed by atoms with Gasteiger partial charge < -0.3 is 10.6 Å². The molecule has 2 heteroatoms. The molecule has 0 aromatic heterocycles. The molecule has 1 saturated carbocycles. The first-order valence-electron chi connectivity index (χ1n) is 6.27. The highest BCUT2D eigenvalue weighted by atomic mass is 15.0. The third kappa shape index (κ3) is 2.71. The van der Waals surface area contributed by atoms with E-state index in [0.717, 1.165) is 6.04 Å². The highest BCUT2D eigenvalue weighted by molar-refractivity contribution is 4.88. The highest BCUT2D eigenvalue weighted by Crippen LogP contribution is 2.27. The molecule has 0 spiro atoms. The van der Waals surface area contributed by atoms with E-state index in [0.29, 0.717) is 5.54 Å². The maximum atomic E-state index is 3.78. The predicted molar refractivity (Wildman–Crippen MR) is 60.5 cm³/mol. The molecule has 2 N–H and O–H groups in total. The molecule has 14 heavy (non-hydrogen) atoms. The monoisotopic (exact) mass is 196 g/mol. The third-order valence-electron chi connectivity index (χ3n) is 3.89. The molecule has 0 bridgehead atoms. The average molecular weight is 196 g/mol. The molecule has 2 fully saturated rings. The Morgan fingerprint density at radius 1 is 1.21 bits per heavy atom. The molecule has 1 unspecified atom stereocenters. The smallest absolute Gasteiger partial charge is 0.0193 e. The molecular weight excluding hydrogens is 172 g/mol. The standard InChI is InChI=1S/C12H24N2/c1-12(7-3-2-4-8-12)14-10-11-6-5-9-13-11/h11,13-14H,2-10H2,1H3. The summed E-state index contributed by atoms with van der Waals surface area (Å²) in [6.07, 6.45) is 9.76. The molecule has 2 aliphatic rings. The Kier molecular flexibility index (Phi) is 3.45. The lowest BCUT2D eigenvalue weighted by Gasteiger charge is -2.35. The van der Waals surface area contributed by atoms with Crippen LogP contribution < -0.4 is 10.6 Å². The van der Waals surface area contributed by atoms with Gasteiger partial charge in [0.2, 0.25) is 0 Å². The average Bonchev–Trinajstić information content (AvgIpc) is 2.69. The maximum absolute atomic E-state index is 3.78. The van der Waals surface area contributed by atoms with Gasteiger partial charge in [-0.15, -0.1) is 0 Å². The predicted octanol–water partition coefficient (Wildman–Crippen LogP) is 2.05. The van der Waals surface area contributed by atoms with Crippen molar-refractivity contribution in [1.29, 1.82) is 0 Å². The zero-order valence-electron chi connectivity index (χ0n) is 9.44. The van der Waals surface area contributed by atoms with Gasteiger partial charge >= 0.3 is 0 Å². The number of hydrogen-bond donors (Lipinski definition) is 2. The Morgan fingerprint density at radius 3 is 2.64 bits per heavy atom. The molecule has 2 nitrogen and oxygen atoms in total. The minimum atomic E-state index is 0.447. The molecule has 0 radical (unpaired) electrons. The summed E-state index contributed by atoms with van der Waals surface area (Å²) in [7, 11) is 0. The largest absolute Gasteiger partial charge is 0.313 e. The summed E-state index contributed by atoms with van der Waals surface area (Å²) in [5, 5.41) is 7.33. The molecule has 0 aromatic rings. The van der Waals surface area contributed by atoms with E-state index in [1.807, 2.05) is 0 Å². The molecular formula is C12H24N2. The molecule has 1 atom stereocenters. The SMILES string of the molecule is CC1(NCC2CCCN2)CCCCC1. The normalized spacial score (nSPS) is 31.9. The first-order chi connectivity index (χ1) is 6.79. The van der Waals surface area contributed by atoms with E-state index >= 15 is 0 Å². The van der Waals surface area contributed by atoms with E-state index in [2.05, 4.69) is 17.6 Å². The van der Waals surface area contributed by atoms with Crippen LogP contribution >= 0.6 is 0 Å². The van der Waals surface area contributed by atoms with Gasteiger partial charge in [-0.1, -0.05) is 19.3 Å². The van der Waals surface area contributed by atoms with Gasteiger partial charge in [-0.25, -0.2) is 0 Å². The zero-order chi connectivity index (χ0) is 9.86. The summed E-state index contributed by atoms with van der Waals surface area (Å²) < 4.78 is 0. The lowest BCUT2D eigenvalue weighted by atomic mass is 9.83. The van der Waals surface area contributed by atoms with E-state index in [9.17, 15) is 0 Å². The van der Waals surface area contributed by atoms with Crippen LogP contribution in [0.4, 0.5) is 0 Å². The zero-order valence-corrected chi connectivity index (χ0v) is 9.44. The van der Waals surface area contributed by atoms with Crippen molar-refractivity contribution in [3.8, 4) is 0 Å². The van der Waals surface area contributed by atoms with Crippen LogP contribution in [0.2, 0.25) is 0 Å². The van der Waals surface area contributed by atoms with Crippen LogP contribution in [0.25, 0.3) is 0 Å². The Bertz CT molecular complexity index is 167. The van der Waals surface area contributed by atoms with Crippen molar-refractivity contribution in [2.24, 2.45) is 0 Å². The lowest BCUT2D eigenvalue weighted by molar-refractivity contribution is 0.247. The topological polar surface area (TPSA) is 24.1 Å². The second-order valence-corrected chi connectivity index (χ2v) is 5.30. The second-order valence-electron chi connectivity index (χ2n) is 5.30. The summed E-state index contributed by atoms with van der Waals surface area (Å²) in [4.78, 5) is 0. The second kappa shape index (κ2) is 4.63. The summed E-state index contributed by atoms with van der Waals surface area (Å²) in [6.45, 7) is 4.81. The molecule has 2 rings (SSSR count). The van der Waals surface area contributed by atoms with Gasteiger partial charge in [0, 0.05) is 18.1 Å². The Balaban J connectivity index is 1.72. The molecule has 0 amide bonds.